The van der Waals surface area contributed by atoms with E-state index in [0.717, 1.165) is 37.8 Å². The Labute approximate surface area is 149 Å². The first kappa shape index (κ1) is 18.8. The summed E-state index contributed by atoms with van der Waals surface area (Å²) in [7, 11) is 0. The molecule has 1 aliphatic heterocycles. The van der Waals surface area contributed by atoms with Crippen molar-refractivity contribution in [3.63, 3.8) is 0 Å². The second kappa shape index (κ2) is 6.98. The molecule has 0 radical (unpaired) electrons. The van der Waals surface area contributed by atoms with Gasteiger partial charge >= 0.3 is 12.1 Å². The third kappa shape index (κ3) is 3.75. The summed E-state index contributed by atoms with van der Waals surface area (Å²) < 4.78 is 49.7. The van der Waals surface area contributed by atoms with Crippen molar-refractivity contribution in [3.8, 4) is 11.5 Å². The summed E-state index contributed by atoms with van der Waals surface area (Å²) in [6.07, 6.45) is -0.381. The number of hydrogen-bond donors (Lipinski definition) is 2. The van der Waals surface area contributed by atoms with Crippen LogP contribution in [0.4, 0.5) is 13.2 Å². The molecule has 2 unspecified atom stereocenters. The number of carboxylic acid groups (broad SMARTS) is 1. The molecule has 3 N–H and O–H groups in total. The van der Waals surface area contributed by atoms with Crippen molar-refractivity contribution in [2.75, 3.05) is 6.61 Å². The van der Waals surface area contributed by atoms with E-state index in [0.29, 0.717) is 12.3 Å². The Kier molecular flexibility index (Phi) is 5.05. The van der Waals surface area contributed by atoms with Gasteiger partial charge in [0.05, 0.1) is 5.56 Å². The third-order valence-electron chi connectivity index (χ3n) is 5.34. The zero-order valence-electron chi connectivity index (χ0n) is 14.2. The molecule has 8 heteroatoms. The normalized spacial score (nSPS) is 22.8. The maximum Gasteiger partial charge on any atom is 0.416 e. The van der Waals surface area contributed by atoms with Crippen LogP contribution in [0.25, 0.3) is 0 Å². The molecular weight excluding hydrogens is 351 g/mol. The minimum Gasteiger partial charge on any atom is -0.486 e. The van der Waals surface area contributed by atoms with Gasteiger partial charge in [-0.05, 0) is 37.0 Å². The van der Waals surface area contributed by atoms with Crippen molar-refractivity contribution in [2.24, 2.45) is 11.7 Å². The minimum atomic E-state index is -4.53. The molecular formula is C18H22F3NO4. The van der Waals surface area contributed by atoms with Crippen molar-refractivity contribution >= 4 is 5.97 Å². The Morgan fingerprint density at radius 1 is 1.23 bits per heavy atom. The highest BCUT2D eigenvalue weighted by Crippen LogP contribution is 2.40. The maximum atomic E-state index is 12.9. The molecule has 0 bridgehead atoms. The standard InChI is InChI=1S/C18H22F3NO4/c19-18(20,21)12-5-6-13-14(9-12)26-15(10-25-13)17(22,16(23)24)8-7-11-3-1-2-4-11/h5-6,9,11,15H,1-4,7-8,10,22H2,(H,23,24). The summed E-state index contributed by atoms with van der Waals surface area (Å²) in [5.74, 6) is -0.781. The molecule has 5 nitrogen and oxygen atoms in total. The lowest BCUT2D eigenvalue weighted by atomic mass is 9.84. The molecule has 1 aliphatic carbocycles. The number of nitrogens with two attached hydrogens (primary N) is 1. The Morgan fingerprint density at radius 2 is 1.92 bits per heavy atom. The van der Waals surface area contributed by atoms with E-state index in [4.69, 9.17) is 15.2 Å². The van der Waals surface area contributed by atoms with E-state index < -0.39 is 29.4 Å². The van der Waals surface area contributed by atoms with E-state index in [1.165, 1.54) is 6.07 Å². The van der Waals surface area contributed by atoms with E-state index in [-0.39, 0.29) is 24.5 Å². The van der Waals surface area contributed by atoms with Crippen LogP contribution in [0.1, 0.15) is 44.1 Å². The highest BCUT2D eigenvalue weighted by molar-refractivity contribution is 5.79. The monoisotopic (exact) mass is 373 g/mol. The van der Waals surface area contributed by atoms with Crippen LogP contribution in [0.2, 0.25) is 0 Å². The molecule has 1 saturated carbocycles. The largest absolute Gasteiger partial charge is 0.486 e. The van der Waals surface area contributed by atoms with E-state index in [1.54, 1.807) is 0 Å². The highest BCUT2D eigenvalue weighted by Gasteiger charge is 2.47. The van der Waals surface area contributed by atoms with Gasteiger partial charge in [-0.2, -0.15) is 13.2 Å². The molecule has 2 atom stereocenters. The van der Waals surface area contributed by atoms with Gasteiger partial charge < -0.3 is 20.3 Å². The van der Waals surface area contributed by atoms with Crippen LogP contribution in [0.15, 0.2) is 18.2 Å². The number of carbonyl (C=O) groups is 1. The van der Waals surface area contributed by atoms with Crippen LogP contribution >= 0.6 is 0 Å². The number of benzene rings is 1. The van der Waals surface area contributed by atoms with Gasteiger partial charge in [0.15, 0.2) is 23.1 Å². The van der Waals surface area contributed by atoms with Gasteiger partial charge in [-0.25, -0.2) is 0 Å². The summed E-state index contributed by atoms with van der Waals surface area (Å²) in [5, 5.41) is 9.65. The molecule has 2 aliphatic rings. The summed E-state index contributed by atoms with van der Waals surface area (Å²) in [6.45, 7) is -0.119. The van der Waals surface area contributed by atoms with Gasteiger partial charge in [0.2, 0.25) is 0 Å². The summed E-state index contributed by atoms with van der Waals surface area (Å²) in [4.78, 5) is 11.8. The molecule has 0 saturated heterocycles. The number of ether oxygens (including phenoxy) is 2. The number of alkyl halides is 3. The Hall–Kier alpha value is -1.96. The molecule has 0 aromatic heterocycles. The minimum absolute atomic E-state index is 0.119. The van der Waals surface area contributed by atoms with Gasteiger partial charge in [-0.3, -0.25) is 4.79 Å². The van der Waals surface area contributed by atoms with Crippen LogP contribution < -0.4 is 15.2 Å². The van der Waals surface area contributed by atoms with Gasteiger partial charge in [0, 0.05) is 0 Å². The number of hydrogen-bond acceptors (Lipinski definition) is 4. The van der Waals surface area contributed by atoms with E-state index in [9.17, 15) is 23.1 Å². The van der Waals surface area contributed by atoms with E-state index in [1.807, 2.05) is 0 Å². The zero-order valence-corrected chi connectivity index (χ0v) is 14.2. The van der Waals surface area contributed by atoms with Gasteiger partial charge in [0.25, 0.3) is 0 Å². The molecule has 3 rings (SSSR count). The quantitative estimate of drug-likeness (QED) is 0.824. The smallest absolute Gasteiger partial charge is 0.416 e. The van der Waals surface area contributed by atoms with E-state index >= 15 is 0 Å². The zero-order chi connectivity index (χ0) is 18.9. The maximum absolute atomic E-state index is 12.9. The molecule has 1 aromatic rings. The second-order valence-corrected chi connectivity index (χ2v) is 7.11. The molecule has 1 fully saturated rings. The first-order valence-electron chi connectivity index (χ1n) is 8.73. The first-order chi connectivity index (χ1) is 12.2. The summed E-state index contributed by atoms with van der Waals surface area (Å²) in [5.41, 5.74) is 3.55. The predicted molar refractivity (Wildman–Crippen MR) is 87.1 cm³/mol. The third-order valence-corrected chi connectivity index (χ3v) is 5.34. The van der Waals surface area contributed by atoms with Crippen molar-refractivity contribution in [2.45, 2.75) is 56.3 Å². The van der Waals surface area contributed by atoms with Gasteiger partial charge in [-0.1, -0.05) is 25.7 Å². The van der Waals surface area contributed by atoms with Crippen LogP contribution in [0.5, 0.6) is 11.5 Å². The predicted octanol–water partition coefficient (Wildman–Crippen LogP) is 3.60. The molecule has 26 heavy (non-hydrogen) atoms. The Balaban J connectivity index is 1.78. The highest BCUT2D eigenvalue weighted by atomic mass is 19.4. The van der Waals surface area contributed by atoms with Crippen LogP contribution in [-0.2, 0) is 11.0 Å². The average Bonchev–Trinajstić information content (AvgIpc) is 3.11. The topological polar surface area (TPSA) is 81.8 Å². The van der Waals surface area contributed by atoms with E-state index in [2.05, 4.69) is 0 Å². The average molecular weight is 373 g/mol. The first-order valence-corrected chi connectivity index (χ1v) is 8.73. The lowest BCUT2D eigenvalue weighted by Crippen LogP contribution is -2.62. The summed E-state index contributed by atoms with van der Waals surface area (Å²) >= 11 is 0. The van der Waals surface area contributed by atoms with Crippen molar-refractivity contribution in [1.82, 2.24) is 0 Å². The molecule has 0 spiro atoms. The number of fused-ring (bicyclic) bond motifs is 1. The number of aliphatic carboxylic acids is 1. The van der Waals surface area contributed by atoms with Gasteiger partial charge in [-0.15, -0.1) is 0 Å². The second-order valence-electron chi connectivity index (χ2n) is 7.11. The lowest BCUT2D eigenvalue weighted by Gasteiger charge is -2.37. The van der Waals surface area contributed by atoms with Crippen molar-refractivity contribution in [1.29, 1.82) is 0 Å². The van der Waals surface area contributed by atoms with Crippen molar-refractivity contribution in [3.05, 3.63) is 23.8 Å². The fourth-order valence-electron chi connectivity index (χ4n) is 3.65. The Morgan fingerprint density at radius 3 is 2.54 bits per heavy atom. The number of carboxylic acids is 1. The molecule has 0 amide bonds. The lowest BCUT2D eigenvalue weighted by molar-refractivity contribution is -0.149. The Bertz CT molecular complexity index is 673. The fourth-order valence-corrected chi connectivity index (χ4v) is 3.65. The fraction of sp³-hybridized carbons (Fsp3) is 0.611. The number of halogens is 3. The summed E-state index contributed by atoms with van der Waals surface area (Å²) in [6, 6.07) is 2.89. The van der Waals surface area contributed by atoms with Crippen LogP contribution in [-0.4, -0.2) is 29.3 Å². The van der Waals surface area contributed by atoms with Crippen LogP contribution in [0, 0.1) is 5.92 Å². The molecule has 1 heterocycles. The molecule has 144 valence electrons. The van der Waals surface area contributed by atoms with Gasteiger partial charge in [0.1, 0.15) is 6.61 Å². The number of rotatable bonds is 5. The van der Waals surface area contributed by atoms with Crippen molar-refractivity contribution < 1.29 is 32.5 Å². The van der Waals surface area contributed by atoms with Crippen LogP contribution in [0.3, 0.4) is 0 Å². The SMILES string of the molecule is NC(CCC1CCCC1)(C(=O)O)C1COc2ccc(C(F)(F)F)cc2O1. The molecule has 1 aromatic carbocycles.